The lowest BCUT2D eigenvalue weighted by Gasteiger charge is -2.15. The molecule has 0 aliphatic rings. The van der Waals surface area contributed by atoms with Gasteiger partial charge >= 0.3 is 7.60 Å². The third-order valence-corrected chi connectivity index (χ3v) is 4.04. The van der Waals surface area contributed by atoms with Gasteiger partial charge in [0.15, 0.2) is 0 Å². The molecular formula is C11H16N3O3P. The van der Waals surface area contributed by atoms with E-state index in [9.17, 15) is 4.57 Å². The second kappa shape index (κ2) is 6.50. The fourth-order valence-corrected chi connectivity index (χ4v) is 2.80. The van der Waals surface area contributed by atoms with Gasteiger partial charge in [0.1, 0.15) is 17.2 Å². The van der Waals surface area contributed by atoms with Crippen molar-refractivity contribution in [3.8, 4) is 6.07 Å². The van der Waals surface area contributed by atoms with E-state index in [0.717, 1.165) is 0 Å². The third-order valence-electron chi connectivity index (χ3n) is 2.02. The van der Waals surface area contributed by atoms with Crippen molar-refractivity contribution in [3.05, 3.63) is 23.0 Å². The van der Waals surface area contributed by atoms with Crippen LogP contribution in [0.15, 0.2) is 11.5 Å². The Morgan fingerprint density at radius 1 is 1.56 bits per heavy atom. The van der Waals surface area contributed by atoms with Crippen LogP contribution in [0.4, 0.5) is 0 Å². The molecule has 0 saturated carbocycles. The molecule has 0 atom stereocenters. The molecule has 0 saturated heterocycles. The highest BCUT2D eigenvalue weighted by Crippen LogP contribution is 2.56. The van der Waals surface area contributed by atoms with Crippen LogP contribution in [0.2, 0.25) is 0 Å². The number of aryl methyl sites for hydroxylation is 1. The van der Waals surface area contributed by atoms with Crippen LogP contribution in [-0.4, -0.2) is 23.2 Å². The molecule has 0 aliphatic heterocycles. The van der Waals surface area contributed by atoms with E-state index in [-0.39, 0.29) is 18.5 Å². The number of allylic oxidation sites excluding steroid dienone is 1. The van der Waals surface area contributed by atoms with Crippen molar-refractivity contribution < 1.29 is 13.6 Å². The summed E-state index contributed by atoms with van der Waals surface area (Å²) in [5.74, 6) is 0.709. The van der Waals surface area contributed by atoms with Gasteiger partial charge in [0.05, 0.1) is 25.1 Å². The summed E-state index contributed by atoms with van der Waals surface area (Å²) in [6, 6.07) is 1.87. The maximum atomic E-state index is 12.4. The Labute approximate surface area is 106 Å². The summed E-state index contributed by atoms with van der Waals surface area (Å²) in [6.45, 7) is 5.59. The number of nitrogens with one attached hydrogen (secondary N) is 1. The van der Waals surface area contributed by atoms with Gasteiger partial charge in [-0.05, 0) is 26.8 Å². The zero-order chi connectivity index (χ0) is 13.6. The summed E-state index contributed by atoms with van der Waals surface area (Å²) in [5.41, 5.74) is 0.587. The summed E-state index contributed by atoms with van der Waals surface area (Å²) in [4.78, 5) is 6.92. The number of aromatic amines is 1. The van der Waals surface area contributed by atoms with E-state index < -0.39 is 7.60 Å². The van der Waals surface area contributed by atoms with E-state index in [4.69, 9.17) is 14.3 Å². The average Bonchev–Trinajstić information content (AvgIpc) is 2.72. The molecule has 0 radical (unpaired) electrons. The molecule has 7 heteroatoms. The van der Waals surface area contributed by atoms with Crippen LogP contribution in [0.5, 0.6) is 0 Å². The number of H-pyrrole nitrogens is 1. The first kappa shape index (κ1) is 14.7. The highest BCUT2D eigenvalue weighted by molar-refractivity contribution is 7.59. The Bertz CT molecular complexity index is 506. The molecule has 98 valence electrons. The Balaban J connectivity index is 3.11. The van der Waals surface area contributed by atoms with Gasteiger partial charge < -0.3 is 14.0 Å². The number of aromatic nitrogens is 2. The topological polar surface area (TPSA) is 88.0 Å². The van der Waals surface area contributed by atoms with Crippen molar-refractivity contribution in [2.45, 2.75) is 20.8 Å². The molecule has 0 aliphatic carbocycles. The van der Waals surface area contributed by atoms with Crippen molar-refractivity contribution in [1.29, 1.82) is 5.26 Å². The number of imidazole rings is 1. The lowest BCUT2D eigenvalue weighted by Crippen LogP contribution is -1.97. The van der Waals surface area contributed by atoms with E-state index in [1.807, 2.05) is 6.07 Å². The first-order valence-corrected chi connectivity index (χ1v) is 7.13. The zero-order valence-electron chi connectivity index (χ0n) is 10.6. The maximum absolute atomic E-state index is 12.4. The molecule has 1 rings (SSSR count). The molecule has 0 unspecified atom stereocenters. The molecule has 1 aromatic rings. The van der Waals surface area contributed by atoms with E-state index in [2.05, 4.69) is 9.97 Å². The number of nitrogens with zero attached hydrogens (tertiary/aromatic N) is 2. The van der Waals surface area contributed by atoms with E-state index in [1.165, 1.54) is 6.08 Å². The van der Waals surface area contributed by atoms with Crippen LogP contribution in [-0.2, 0) is 13.6 Å². The Hall–Kier alpha value is -1.41. The summed E-state index contributed by atoms with van der Waals surface area (Å²) >= 11 is 0. The minimum absolute atomic E-state index is 0.0325. The molecule has 6 nitrogen and oxygen atoms in total. The van der Waals surface area contributed by atoms with E-state index in [0.29, 0.717) is 11.5 Å². The number of hydrogen-bond acceptors (Lipinski definition) is 5. The maximum Gasteiger partial charge on any atom is 0.371 e. The predicted octanol–water partition coefficient (Wildman–Crippen LogP) is 2.85. The highest BCUT2D eigenvalue weighted by atomic mass is 31.2. The van der Waals surface area contributed by atoms with Crippen LogP contribution in [0, 0.1) is 18.3 Å². The van der Waals surface area contributed by atoms with Crippen molar-refractivity contribution in [2.24, 2.45) is 0 Å². The van der Waals surface area contributed by atoms with Crippen molar-refractivity contribution in [2.75, 3.05) is 13.2 Å². The van der Waals surface area contributed by atoms with Crippen molar-refractivity contribution >= 4 is 13.7 Å². The molecule has 1 heterocycles. The number of hydrogen-bond donors (Lipinski definition) is 1. The average molecular weight is 269 g/mol. The molecular weight excluding hydrogens is 253 g/mol. The van der Waals surface area contributed by atoms with Gasteiger partial charge in [-0.25, -0.2) is 4.98 Å². The summed E-state index contributed by atoms with van der Waals surface area (Å²) < 4.78 is 22.6. The second-order valence-electron chi connectivity index (χ2n) is 3.40. The Morgan fingerprint density at radius 2 is 2.17 bits per heavy atom. The largest absolute Gasteiger partial charge is 0.371 e. The molecule has 0 fully saturated rings. The Kier molecular flexibility index (Phi) is 5.29. The van der Waals surface area contributed by atoms with Crippen LogP contribution in [0.3, 0.4) is 0 Å². The molecule has 0 amide bonds. The SMILES string of the molecule is CCOP(=O)(OCC)/C(C#N)=C/c1cnc(C)[nH]1. The zero-order valence-corrected chi connectivity index (χ0v) is 11.5. The highest BCUT2D eigenvalue weighted by Gasteiger charge is 2.30. The van der Waals surface area contributed by atoms with Crippen LogP contribution in [0.1, 0.15) is 25.4 Å². The van der Waals surface area contributed by atoms with Crippen molar-refractivity contribution in [1.82, 2.24) is 9.97 Å². The molecule has 0 bridgehead atoms. The van der Waals surface area contributed by atoms with Crippen molar-refractivity contribution in [3.63, 3.8) is 0 Å². The monoisotopic (exact) mass is 269 g/mol. The molecule has 18 heavy (non-hydrogen) atoms. The van der Waals surface area contributed by atoms with E-state index >= 15 is 0 Å². The quantitative estimate of drug-likeness (QED) is 0.633. The van der Waals surface area contributed by atoms with Gasteiger partial charge in [0, 0.05) is 0 Å². The lowest BCUT2D eigenvalue weighted by molar-refractivity contribution is 0.227. The third kappa shape index (κ3) is 3.54. The summed E-state index contributed by atoms with van der Waals surface area (Å²) in [5, 5.41) is 9.07. The van der Waals surface area contributed by atoms with Gasteiger partial charge in [-0.3, -0.25) is 4.57 Å². The number of rotatable bonds is 6. The summed E-state index contributed by atoms with van der Waals surface area (Å²) in [7, 11) is -3.53. The first-order valence-electron chi connectivity index (χ1n) is 5.58. The summed E-state index contributed by atoms with van der Waals surface area (Å²) in [6.07, 6.45) is 2.99. The van der Waals surface area contributed by atoms with Crippen LogP contribution < -0.4 is 0 Å². The normalized spacial score (nSPS) is 12.4. The van der Waals surface area contributed by atoms with Gasteiger partial charge in [0.2, 0.25) is 0 Å². The second-order valence-corrected chi connectivity index (χ2v) is 5.39. The fraction of sp³-hybridized carbons (Fsp3) is 0.455. The smallest absolute Gasteiger partial charge is 0.343 e. The van der Waals surface area contributed by atoms with Crippen LogP contribution in [0.25, 0.3) is 6.08 Å². The molecule has 0 aromatic carbocycles. The molecule has 0 spiro atoms. The Morgan fingerprint density at radius 3 is 2.56 bits per heavy atom. The minimum atomic E-state index is -3.53. The minimum Gasteiger partial charge on any atom is -0.343 e. The van der Waals surface area contributed by atoms with E-state index in [1.54, 1.807) is 27.0 Å². The number of nitriles is 1. The molecule has 1 aromatic heterocycles. The van der Waals surface area contributed by atoms with Gasteiger partial charge in [-0.1, -0.05) is 0 Å². The van der Waals surface area contributed by atoms with Crippen LogP contribution >= 0.6 is 7.60 Å². The van der Waals surface area contributed by atoms with Gasteiger partial charge in [-0.2, -0.15) is 5.26 Å². The van der Waals surface area contributed by atoms with Gasteiger partial charge in [-0.15, -0.1) is 0 Å². The lowest BCUT2D eigenvalue weighted by atomic mass is 10.4. The fourth-order valence-electron chi connectivity index (χ4n) is 1.35. The van der Waals surface area contributed by atoms with Gasteiger partial charge in [0.25, 0.3) is 0 Å². The first-order chi connectivity index (χ1) is 8.55. The standard InChI is InChI=1S/C11H16N3O3P/c1-4-16-18(15,17-5-2)11(7-12)6-10-8-13-9(3)14-10/h6,8H,4-5H2,1-3H3,(H,13,14)/b11-6+. The molecule has 1 N–H and O–H groups in total. The predicted molar refractivity (Wildman–Crippen MR) is 67.8 cm³/mol.